The van der Waals surface area contributed by atoms with Crippen molar-refractivity contribution in [3.8, 4) is 0 Å². The van der Waals surface area contributed by atoms with Gasteiger partial charge in [-0.3, -0.25) is 4.79 Å². The van der Waals surface area contributed by atoms with Gasteiger partial charge >= 0.3 is 0 Å². The molecule has 0 spiro atoms. The summed E-state index contributed by atoms with van der Waals surface area (Å²) in [6.45, 7) is 12.7. The molecule has 94 valence electrons. The van der Waals surface area contributed by atoms with Gasteiger partial charge in [0.25, 0.3) is 0 Å². The zero-order valence-corrected chi connectivity index (χ0v) is 11.3. The van der Waals surface area contributed by atoms with Crippen molar-refractivity contribution in [2.45, 2.75) is 47.1 Å². The summed E-state index contributed by atoms with van der Waals surface area (Å²) >= 11 is 0. The van der Waals surface area contributed by atoms with Crippen LogP contribution in [0, 0.1) is 17.3 Å². The summed E-state index contributed by atoms with van der Waals surface area (Å²) < 4.78 is 0. The molecule has 1 aliphatic heterocycles. The third-order valence-corrected chi connectivity index (χ3v) is 3.70. The molecule has 2 N–H and O–H groups in total. The monoisotopic (exact) mass is 226 g/mol. The first kappa shape index (κ1) is 13.5. The van der Waals surface area contributed by atoms with Gasteiger partial charge in [0, 0.05) is 12.0 Å². The topological polar surface area (TPSA) is 41.1 Å². The summed E-state index contributed by atoms with van der Waals surface area (Å²) in [6.07, 6.45) is 0.991. The largest absolute Gasteiger partial charge is 0.353 e. The van der Waals surface area contributed by atoms with Crippen LogP contribution in [-0.4, -0.2) is 25.0 Å². The Labute approximate surface area is 99.4 Å². The van der Waals surface area contributed by atoms with Crippen LogP contribution in [0.15, 0.2) is 0 Å². The van der Waals surface area contributed by atoms with Gasteiger partial charge in [0.2, 0.25) is 5.91 Å². The molecule has 16 heavy (non-hydrogen) atoms. The van der Waals surface area contributed by atoms with E-state index in [0.717, 1.165) is 19.5 Å². The number of hydrogen-bond acceptors (Lipinski definition) is 2. The first-order valence-electron chi connectivity index (χ1n) is 6.37. The van der Waals surface area contributed by atoms with Crippen LogP contribution in [0.5, 0.6) is 0 Å². The van der Waals surface area contributed by atoms with E-state index in [1.807, 2.05) is 6.92 Å². The molecule has 1 amide bonds. The third kappa shape index (κ3) is 3.21. The van der Waals surface area contributed by atoms with Crippen LogP contribution in [0.1, 0.15) is 41.0 Å². The third-order valence-electron chi connectivity index (χ3n) is 3.70. The van der Waals surface area contributed by atoms with E-state index in [1.54, 1.807) is 0 Å². The van der Waals surface area contributed by atoms with E-state index in [2.05, 4.69) is 38.3 Å². The van der Waals surface area contributed by atoms with E-state index in [9.17, 15) is 4.79 Å². The second-order valence-electron chi connectivity index (χ2n) is 6.04. The van der Waals surface area contributed by atoms with Gasteiger partial charge in [0.1, 0.15) is 0 Å². The van der Waals surface area contributed by atoms with Crippen LogP contribution >= 0.6 is 0 Å². The SMILES string of the molecule is CCC(NC(=O)C(C)C1CNC1)C(C)(C)C. The van der Waals surface area contributed by atoms with Crippen LogP contribution in [0.2, 0.25) is 0 Å². The van der Waals surface area contributed by atoms with Crippen LogP contribution in [0.25, 0.3) is 0 Å². The van der Waals surface area contributed by atoms with Gasteiger partial charge in [0.05, 0.1) is 0 Å². The zero-order chi connectivity index (χ0) is 12.3. The van der Waals surface area contributed by atoms with Gasteiger partial charge in [-0.05, 0) is 30.8 Å². The van der Waals surface area contributed by atoms with Crippen molar-refractivity contribution in [3.05, 3.63) is 0 Å². The summed E-state index contributed by atoms with van der Waals surface area (Å²) in [5.41, 5.74) is 0.141. The number of amides is 1. The standard InChI is InChI=1S/C13H26N2O/c1-6-11(13(3,4)5)15-12(16)9(2)10-7-14-8-10/h9-11,14H,6-8H2,1-5H3,(H,15,16). The minimum atomic E-state index is 0.137. The summed E-state index contributed by atoms with van der Waals surface area (Å²) in [6, 6.07) is 0.274. The maximum Gasteiger partial charge on any atom is 0.223 e. The molecule has 1 saturated heterocycles. The highest BCUT2D eigenvalue weighted by atomic mass is 16.1. The van der Waals surface area contributed by atoms with Crippen molar-refractivity contribution in [1.29, 1.82) is 0 Å². The predicted molar refractivity (Wildman–Crippen MR) is 67.2 cm³/mol. The molecule has 2 atom stereocenters. The van der Waals surface area contributed by atoms with Gasteiger partial charge in [-0.2, -0.15) is 0 Å². The van der Waals surface area contributed by atoms with Gasteiger partial charge < -0.3 is 10.6 Å². The lowest BCUT2D eigenvalue weighted by atomic mass is 9.83. The lowest BCUT2D eigenvalue weighted by Gasteiger charge is -2.35. The van der Waals surface area contributed by atoms with Crippen molar-refractivity contribution in [3.63, 3.8) is 0 Å². The Balaban J connectivity index is 2.48. The van der Waals surface area contributed by atoms with E-state index >= 15 is 0 Å². The highest BCUT2D eigenvalue weighted by Gasteiger charge is 2.31. The Morgan fingerprint density at radius 2 is 2.00 bits per heavy atom. The Hall–Kier alpha value is -0.570. The van der Waals surface area contributed by atoms with Crippen molar-refractivity contribution >= 4 is 5.91 Å². The molecule has 0 aliphatic carbocycles. The molecule has 3 heteroatoms. The van der Waals surface area contributed by atoms with Crippen LogP contribution in [0.3, 0.4) is 0 Å². The first-order valence-corrected chi connectivity index (χ1v) is 6.37. The molecule has 1 heterocycles. The molecule has 0 bridgehead atoms. The fourth-order valence-electron chi connectivity index (χ4n) is 2.11. The zero-order valence-electron chi connectivity index (χ0n) is 11.3. The fourth-order valence-corrected chi connectivity index (χ4v) is 2.11. The number of carbonyl (C=O) groups is 1. The summed E-state index contributed by atoms with van der Waals surface area (Å²) in [5.74, 6) is 0.878. The van der Waals surface area contributed by atoms with Crippen molar-refractivity contribution in [2.24, 2.45) is 17.3 Å². The van der Waals surface area contributed by atoms with Crippen molar-refractivity contribution in [1.82, 2.24) is 10.6 Å². The lowest BCUT2D eigenvalue weighted by molar-refractivity contribution is -0.128. The Kier molecular flexibility index (Phi) is 4.36. The Morgan fingerprint density at radius 3 is 2.31 bits per heavy atom. The van der Waals surface area contributed by atoms with Gasteiger partial charge in [-0.15, -0.1) is 0 Å². The van der Waals surface area contributed by atoms with E-state index < -0.39 is 0 Å². The predicted octanol–water partition coefficient (Wildman–Crippen LogP) is 1.78. The molecule has 3 nitrogen and oxygen atoms in total. The van der Waals surface area contributed by atoms with E-state index in [4.69, 9.17) is 0 Å². The van der Waals surface area contributed by atoms with Gasteiger partial charge in [-0.25, -0.2) is 0 Å². The number of hydrogen-bond donors (Lipinski definition) is 2. The van der Waals surface area contributed by atoms with Gasteiger partial charge in [0.15, 0.2) is 0 Å². The normalized spacial score (nSPS) is 21.1. The summed E-state index contributed by atoms with van der Waals surface area (Å²) in [5, 5.41) is 6.40. The maximum atomic E-state index is 12.1. The number of rotatable bonds is 4. The maximum absolute atomic E-state index is 12.1. The smallest absolute Gasteiger partial charge is 0.223 e. The lowest BCUT2D eigenvalue weighted by Crippen LogP contribution is -2.52. The summed E-state index contributed by atoms with van der Waals surface area (Å²) in [7, 11) is 0. The average molecular weight is 226 g/mol. The van der Waals surface area contributed by atoms with E-state index in [-0.39, 0.29) is 23.3 Å². The fraction of sp³-hybridized carbons (Fsp3) is 0.923. The van der Waals surface area contributed by atoms with Crippen LogP contribution < -0.4 is 10.6 Å². The molecule has 0 aromatic carbocycles. The van der Waals surface area contributed by atoms with Crippen molar-refractivity contribution < 1.29 is 4.79 Å². The van der Waals surface area contributed by atoms with Crippen LogP contribution in [-0.2, 0) is 4.79 Å². The average Bonchev–Trinajstić information content (AvgIpc) is 2.08. The Morgan fingerprint density at radius 1 is 1.44 bits per heavy atom. The minimum Gasteiger partial charge on any atom is -0.353 e. The molecule has 1 rings (SSSR count). The summed E-state index contributed by atoms with van der Waals surface area (Å²) in [4.78, 5) is 12.1. The molecule has 1 aliphatic rings. The molecular formula is C13H26N2O. The highest BCUT2D eigenvalue weighted by Crippen LogP contribution is 2.23. The quantitative estimate of drug-likeness (QED) is 0.767. The van der Waals surface area contributed by atoms with E-state index in [1.165, 1.54) is 0 Å². The molecule has 0 saturated carbocycles. The molecule has 2 unspecified atom stereocenters. The van der Waals surface area contributed by atoms with Crippen molar-refractivity contribution in [2.75, 3.05) is 13.1 Å². The van der Waals surface area contributed by atoms with Crippen LogP contribution in [0.4, 0.5) is 0 Å². The minimum absolute atomic E-state index is 0.137. The molecule has 0 aromatic heterocycles. The number of nitrogens with one attached hydrogen (secondary N) is 2. The number of carbonyl (C=O) groups excluding carboxylic acids is 1. The molecule has 0 radical (unpaired) electrons. The second-order valence-corrected chi connectivity index (χ2v) is 6.04. The Bertz CT molecular complexity index is 241. The first-order chi connectivity index (χ1) is 7.36. The van der Waals surface area contributed by atoms with Gasteiger partial charge in [-0.1, -0.05) is 34.6 Å². The second kappa shape index (κ2) is 5.17. The van der Waals surface area contributed by atoms with E-state index in [0.29, 0.717) is 5.92 Å². The highest BCUT2D eigenvalue weighted by molar-refractivity contribution is 5.79. The molecular weight excluding hydrogens is 200 g/mol. The molecule has 0 aromatic rings. The molecule has 1 fully saturated rings.